The van der Waals surface area contributed by atoms with Gasteiger partial charge < -0.3 is 19.1 Å². The van der Waals surface area contributed by atoms with Crippen LogP contribution in [0.1, 0.15) is 5.76 Å². The summed E-state index contributed by atoms with van der Waals surface area (Å²) in [7, 11) is 0. The molecule has 0 saturated heterocycles. The van der Waals surface area contributed by atoms with Crippen molar-refractivity contribution in [3.63, 3.8) is 0 Å². The van der Waals surface area contributed by atoms with Crippen molar-refractivity contribution in [2.75, 3.05) is 31.1 Å². The second-order valence-corrected chi connectivity index (χ2v) is 6.65. The number of benzene rings is 2. The second kappa shape index (κ2) is 7.23. The van der Waals surface area contributed by atoms with Gasteiger partial charge in [-0.25, -0.2) is 0 Å². The van der Waals surface area contributed by atoms with Crippen molar-refractivity contribution in [3.05, 3.63) is 66.6 Å². The highest BCUT2D eigenvalue weighted by molar-refractivity contribution is 6.08. The third-order valence-electron chi connectivity index (χ3n) is 4.79. The van der Waals surface area contributed by atoms with Gasteiger partial charge in [-0.05, 0) is 6.07 Å². The third kappa shape index (κ3) is 3.13. The second-order valence-electron chi connectivity index (χ2n) is 6.65. The zero-order valence-corrected chi connectivity index (χ0v) is 15.3. The Hall–Kier alpha value is -3.54. The minimum absolute atomic E-state index is 0.838. The number of anilines is 1. The predicted octanol–water partition coefficient (Wildman–Crippen LogP) is 4.06. The van der Waals surface area contributed by atoms with Gasteiger partial charge in [0, 0.05) is 35.3 Å². The van der Waals surface area contributed by atoms with Crippen molar-refractivity contribution in [1.82, 2.24) is 5.32 Å². The number of furan rings is 2. The zero-order valence-electron chi connectivity index (χ0n) is 15.3. The van der Waals surface area contributed by atoms with Gasteiger partial charge in [-0.1, -0.05) is 42.5 Å². The summed E-state index contributed by atoms with van der Waals surface area (Å²) in [6.07, 6.45) is 3.60. The van der Waals surface area contributed by atoms with Gasteiger partial charge in [0.05, 0.1) is 25.7 Å². The lowest BCUT2D eigenvalue weighted by Gasteiger charge is -2.07. The van der Waals surface area contributed by atoms with E-state index in [0.717, 1.165) is 65.4 Å². The number of rotatable bonds is 2. The summed E-state index contributed by atoms with van der Waals surface area (Å²) in [5.74, 6) is 2.62. The van der Waals surface area contributed by atoms with Gasteiger partial charge in [-0.15, -0.1) is 0 Å². The summed E-state index contributed by atoms with van der Waals surface area (Å²) < 4.78 is 11.2. The predicted molar refractivity (Wildman–Crippen MR) is 113 cm³/mol. The molecule has 6 rings (SSSR count). The van der Waals surface area contributed by atoms with E-state index >= 15 is 0 Å². The molecule has 140 valence electrons. The SMILES string of the molecule is C1=NCCN1c1cc2ccccc2o1.c1ccc2c(C3=NCCN3)occ2c1. The summed E-state index contributed by atoms with van der Waals surface area (Å²) in [5, 5.41) is 6.60. The van der Waals surface area contributed by atoms with Crippen LogP contribution >= 0.6 is 0 Å². The number of nitrogens with zero attached hydrogens (tertiary/aromatic N) is 3. The van der Waals surface area contributed by atoms with Gasteiger partial charge in [0.2, 0.25) is 5.88 Å². The number of hydrogen-bond acceptors (Lipinski definition) is 6. The number of nitrogens with one attached hydrogen (secondary N) is 1. The highest BCUT2D eigenvalue weighted by Gasteiger charge is 2.15. The Labute approximate surface area is 162 Å². The third-order valence-corrected chi connectivity index (χ3v) is 4.79. The van der Waals surface area contributed by atoms with Crippen molar-refractivity contribution >= 4 is 39.8 Å². The van der Waals surface area contributed by atoms with Crippen molar-refractivity contribution in [3.8, 4) is 0 Å². The fraction of sp³-hybridized carbons (Fsp3) is 0.182. The average Bonchev–Trinajstić information content (AvgIpc) is 3.54. The lowest BCUT2D eigenvalue weighted by Crippen LogP contribution is -2.18. The Morgan fingerprint density at radius 2 is 1.82 bits per heavy atom. The van der Waals surface area contributed by atoms with E-state index in [4.69, 9.17) is 8.83 Å². The number of para-hydroxylation sites is 1. The Bertz CT molecular complexity index is 1140. The maximum atomic E-state index is 5.69. The van der Waals surface area contributed by atoms with Crippen LogP contribution in [0.2, 0.25) is 0 Å². The molecule has 0 atom stereocenters. The van der Waals surface area contributed by atoms with E-state index in [1.54, 1.807) is 6.26 Å². The number of fused-ring (bicyclic) bond motifs is 2. The minimum atomic E-state index is 0.838. The van der Waals surface area contributed by atoms with Gasteiger partial charge in [-0.2, -0.15) is 0 Å². The van der Waals surface area contributed by atoms with Crippen molar-refractivity contribution in [2.45, 2.75) is 0 Å². The molecule has 2 aliphatic heterocycles. The Balaban J connectivity index is 0.000000122. The number of hydrogen-bond donors (Lipinski definition) is 1. The largest absolute Gasteiger partial charge is 0.460 e. The molecule has 28 heavy (non-hydrogen) atoms. The van der Waals surface area contributed by atoms with Gasteiger partial charge in [-0.3, -0.25) is 9.98 Å². The lowest BCUT2D eigenvalue weighted by atomic mass is 10.2. The quantitative estimate of drug-likeness (QED) is 0.576. The van der Waals surface area contributed by atoms with Gasteiger partial charge in [0.15, 0.2) is 11.6 Å². The monoisotopic (exact) mass is 372 g/mol. The van der Waals surface area contributed by atoms with Gasteiger partial charge >= 0.3 is 0 Å². The normalized spacial score (nSPS) is 15.6. The summed E-state index contributed by atoms with van der Waals surface area (Å²) in [5.41, 5.74) is 0.933. The standard InChI is InChI=1S/2C11H10N2O/c1-2-4-10-9(3-1)7-11(14-10)13-6-5-12-8-13;1-2-4-9-8(3-1)7-14-10(9)11-12-5-6-13-11/h1-4,7-8H,5-6H2;1-4,7H,5-6H2,(H,12,13). The van der Waals surface area contributed by atoms with E-state index in [1.807, 2.05) is 53.7 Å². The fourth-order valence-corrected chi connectivity index (χ4v) is 3.38. The van der Waals surface area contributed by atoms with E-state index in [9.17, 15) is 0 Å². The molecule has 2 aliphatic rings. The van der Waals surface area contributed by atoms with E-state index < -0.39 is 0 Å². The molecular formula is C22H20N4O2. The van der Waals surface area contributed by atoms with Crippen LogP contribution in [0.25, 0.3) is 21.7 Å². The maximum Gasteiger partial charge on any atom is 0.201 e. The fourth-order valence-electron chi connectivity index (χ4n) is 3.38. The van der Waals surface area contributed by atoms with E-state index in [2.05, 4.69) is 27.4 Å². The Morgan fingerprint density at radius 1 is 0.964 bits per heavy atom. The molecule has 4 aromatic rings. The Kier molecular flexibility index (Phi) is 4.29. The first-order valence-corrected chi connectivity index (χ1v) is 9.38. The lowest BCUT2D eigenvalue weighted by molar-refractivity contribution is 0.560. The smallest absolute Gasteiger partial charge is 0.201 e. The molecule has 0 fully saturated rings. The minimum Gasteiger partial charge on any atom is -0.460 e. The van der Waals surface area contributed by atoms with E-state index in [0.29, 0.717) is 0 Å². The molecule has 0 saturated carbocycles. The molecule has 0 unspecified atom stereocenters. The number of amidine groups is 1. The average molecular weight is 372 g/mol. The summed E-state index contributed by atoms with van der Waals surface area (Å²) in [6.45, 7) is 3.52. The van der Waals surface area contributed by atoms with Crippen molar-refractivity contribution in [2.24, 2.45) is 9.98 Å². The first kappa shape index (κ1) is 16.6. The van der Waals surface area contributed by atoms with Crippen LogP contribution in [0.3, 0.4) is 0 Å². The number of aliphatic imine (C=N–C) groups is 2. The van der Waals surface area contributed by atoms with Crippen LogP contribution in [-0.4, -0.2) is 38.4 Å². The van der Waals surface area contributed by atoms with Gasteiger partial charge in [0.1, 0.15) is 5.58 Å². The van der Waals surface area contributed by atoms with Crippen LogP contribution in [0, 0.1) is 0 Å². The molecule has 1 N–H and O–H groups in total. The molecule has 2 aromatic heterocycles. The first-order valence-electron chi connectivity index (χ1n) is 9.38. The van der Waals surface area contributed by atoms with Crippen LogP contribution in [0.4, 0.5) is 5.88 Å². The molecule has 0 radical (unpaired) electrons. The van der Waals surface area contributed by atoms with Crippen LogP contribution in [0.15, 0.2) is 79.7 Å². The van der Waals surface area contributed by atoms with Gasteiger partial charge in [0.25, 0.3) is 0 Å². The molecular weight excluding hydrogens is 352 g/mol. The first-order chi connectivity index (χ1) is 13.9. The molecule has 0 bridgehead atoms. The van der Waals surface area contributed by atoms with Crippen molar-refractivity contribution in [1.29, 1.82) is 0 Å². The molecule has 0 amide bonds. The molecule has 0 aliphatic carbocycles. The van der Waals surface area contributed by atoms with E-state index in [1.165, 1.54) is 0 Å². The summed E-state index contributed by atoms with van der Waals surface area (Å²) in [4.78, 5) is 10.5. The molecule has 6 heteroatoms. The van der Waals surface area contributed by atoms with Crippen LogP contribution in [-0.2, 0) is 0 Å². The molecule has 0 spiro atoms. The highest BCUT2D eigenvalue weighted by Crippen LogP contribution is 2.25. The maximum absolute atomic E-state index is 5.69. The van der Waals surface area contributed by atoms with Crippen LogP contribution < -0.4 is 10.2 Å². The van der Waals surface area contributed by atoms with Crippen molar-refractivity contribution < 1.29 is 8.83 Å². The molecule has 4 heterocycles. The highest BCUT2D eigenvalue weighted by atomic mass is 16.4. The molecule has 2 aromatic carbocycles. The Morgan fingerprint density at radius 3 is 2.61 bits per heavy atom. The summed E-state index contributed by atoms with van der Waals surface area (Å²) >= 11 is 0. The molecule has 6 nitrogen and oxygen atoms in total. The zero-order chi connectivity index (χ0) is 18.8. The summed E-state index contributed by atoms with van der Waals surface area (Å²) in [6, 6.07) is 18.2. The van der Waals surface area contributed by atoms with E-state index in [-0.39, 0.29) is 0 Å². The topological polar surface area (TPSA) is 66.3 Å². The van der Waals surface area contributed by atoms with Crippen LogP contribution in [0.5, 0.6) is 0 Å².